The van der Waals surface area contributed by atoms with E-state index in [0.29, 0.717) is 12.5 Å². The summed E-state index contributed by atoms with van der Waals surface area (Å²) in [6.45, 7) is 2.45. The molecule has 2 aromatic carbocycles. The zero-order valence-electron chi connectivity index (χ0n) is 10.7. The van der Waals surface area contributed by atoms with E-state index < -0.39 is 0 Å². The van der Waals surface area contributed by atoms with Gasteiger partial charge in [-0.2, -0.15) is 0 Å². The number of hydrogen-bond acceptors (Lipinski definition) is 1. The van der Waals surface area contributed by atoms with E-state index in [1.54, 1.807) is 12.1 Å². The Labute approximate surface area is 112 Å². The zero-order valence-corrected chi connectivity index (χ0v) is 10.7. The lowest BCUT2D eigenvalue weighted by atomic mass is 10.2. The molecule has 4 heteroatoms. The van der Waals surface area contributed by atoms with Crippen LogP contribution in [0.2, 0.25) is 0 Å². The SMILES string of the molecule is Cc1ccc(NC(N)=NCc2ccc(F)cc2)cc1. The minimum absolute atomic E-state index is 0.251. The fourth-order valence-corrected chi connectivity index (χ4v) is 1.59. The van der Waals surface area contributed by atoms with Crippen LogP contribution in [0.5, 0.6) is 0 Å². The van der Waals surface area contributed by atoms with Crippen LogP contribution in [0, 0.1) is 12.7 Å². The molecule has 0 aromatic heterocycles. The van der Waals surface area contributed by atoms with E-state index in [0.717, 1.165) is 11.3 Å². The molecule has 0 heterocycles. The number of nitrogens with zero attached hydrogens (tertiary/aromatic N) is 1. The van der Waals surface area contributed by atoms with Gasteiger partial charge in [0.15, 0.2) is 5.96 Å². The number of halogens is 1. The lowest BCUT2D eigenvalue weighted by Gasteiger charge is -2.06. The average Bonchev–Trinajstić information content (AvgIpc) is 2.41. The first-order valence-electron chi connectivity index (χ1n) is 6.01. The predicted molar refractivity (Wildman–Crippen MR) is 76.5 cm³/mol. The van der Waals surface area contributed by atoms with Crippen LogP contribution in [0.3, 0.4) is 0 Å². The Kier molecular flexibility index (Phi) is 4.13. The fourth-order valence-electron chi connectivity index (χ4n) is 1.59. The van der Waals surface area contributed by atoms with Crippen molar-refractivity contribution in [3.8, 4) is 0 Å². The Morgan fingerprint density at radius 2 is 1.74 bits per heavy atom. The standard InChI is InChI=1S/C15H16FN3/c1-11-2-8-14(9-3-11)19-15(17)18-10-12-4-6-13(16)7-5-12/h2-9H,10H2,1H3,(H3,17,18,19). The summed E-state index contributed by atoms with van der Waals surface area (Å²) in [6.07, 6.45) is 0. The van der Waals surface area contributed by atoms with Gasteiger partial charge in [0.1, 0.15) is 5.82 Å². The third-order valence-electron chi connectivity index (χ3n) is 2.67. The maximum Gasteiger partial charge on any atom is 0.193 e. The van der Waals surface area contributed by atoms with Crippen molar-refractivity contribution in [1.82, 2.24) is 0 Å². The quantitative estimate of drug-likeness (QED) is 0.656. The van der Waals surface area contributed by atoms with Gasteiger partial charge in [-0.05, 0) is 36.8 Å². The molecule has 0 amide bonds. The molecule has 19 heavy (non-hydrogen) atoms. The number of benzene rings is 2. The van der Waals surface area contributed by atoms with Crippen molar-refractivity contribution < 1.29 is 4.39 Å². The maximum atomic E-state index is 12.7. The Hall–Kier alpha value is -2.36. The van der Waals surface area contributed by atoms with Crippen molar-refractivity contribution in [2.45, 2.75) is 13.5 Å². The number of aliphatic imine (C=N–C) groups is 1. The number of nitrogens with two attached hydrogens (primary N) is 1. The summed E-state index contributed by atoms with van der Waals surface area (Å²) in [5.74, 6) is 0.0895. The summed E-state index contributed by atoms with van der Waals surface area (Å²) < 4.78 is 12.7. The number of hydrogen-bond donors (Lipinski definition) is 2. The van der Waals surface area contributed by atoms with Gasteiger partial charge >= 0.3 is 0 Å². The van der Waals surface area contributed by atoms with Crippen LogP contribution in [0.15, 0.2) is 53.5 Å². The first kappa shape index (κ1) is 13.1. The van der Waals surface area contributed by atoms with E-state index in [9.17, 15) is 4.39 Å². The van der Waals surface area contributed by atoms with Crippen molar-refractivity contribution in [3.05, 3.63) is 65.5 Å². The van der Waals surface area contributed by atoms with Crippen LogP contribution in [-0.4, -0.2) is 5.96 Å². The number of rotatable bonds is 3. The molecule has 0 unspecified atom stereocenters. The first-order chi connectivity index (χ1) is 9.13. The molecule has 0 radical (unpaired) electrons. The van der Waals surface area contributed by atoms with Gasteiger partial charge < -0.3 is 11.1 Å². The molecule has 2 rings (SSSR count). The van der Waals surface area contributed by atoms with E-state index in [4.69, 9.17) is 5.73 Å². The highest BCUT2D eigenvalue weighted by atomic mass is 19.1. The second kappa shape index (κ2) is 6.00. The van der Waals surface area contributed by atoms with E-state index in [2.05, 4.69) is 10.3 Å². The molecule has 98 valence electrons. The third kappa shape index (κ3) is 4.10. The van der Waals surface area contributed by atoms with E-state index in [1.807, 2.05) is 31.2 Å². The van der Waals surface area contributed by atoms with Gasteiger partial charge in [0, 0.05) is 5.69 Å². The van der Waals surface area contributed by atoms with E-state index in [1.165, 1.54) is 17.7 Å². The Morgan fingerprint density at radius 3 is 2.37 bits per heavy atom. The van der Waals surface area contributed by atoms with Gasteiger partial charge in [-0.25, -0.2) is 9.38 Å². The first-order valence-corrected chi connectivity index (χ1v) is 6.01. The summed E-state index contributed by atoms with van der Waals surface area (Å²) in [4.78, 5) is 4.20. The Morgan fingerprint density at radius 1 is 1.11 bits per heavy atom. The van der Waals surface area contributed by atoms with Crippen molar-refractivity contribution in [2.75, 3.05) is 5.32 Å². The van der Waals surface area contributed by atoms with Gasteiger partial charge in [-0.3, -0.25) is 0 Å². The summed E-state index contributed by atoms with van der Waals surface area (Å²) >= 11 is 0. The van der Waals surface area contributed by atoms with Crippen LogP contribution in [0.1, 0.15) is 11.1 Å². The summed E-state index contributed by atoms with van der Waals surface area (Å²) in [7, 11) is 0. The van der Waals surface area contributed by atoms with Crippen molar-refractivity contribution in [3.63, 3.8) is 0 Å². The number of aryl methyl sites for hydroxylation is 1. The molecule has 0 spiro atoms. The molecule has 3 nitrogen and oxygen atoms in total. The minimum Gasteiger partial charge on any atom is -0.370 e. The molecular formula is C15H16FN3. The van der Waals surface area contributed by atoms with Gasteiger partial charge in [-0.15, -0.1) is 0 Å². The Bertz CT molecular complexity index is 559. The molecule has 0 saturated carbocycles. The topological polar surface area (TPSA) is 50.4 Å². The summed E-state index contributed by atoms with van der Waals surface area (Å²) in [6, 6.07) is 14.1. The van der Waals surface area contributed by atoms with Gasteiger partial charge in [0.05, 0.1) is 6.54 Å². The van der Waals surface area contributed by atoms with Crippen molar-refractivity contribution in [2.24, 2.45) is 10.7 Å². The molecule has 0 aliphatic rings. The van der Waals surface area contributed by atoms with Crippen LogP contribution in [0.4, 0.5) is 10.1 Å². The van der Waals surface area contributed by atoms with Crippen LogP contribution in [-0.2, 0) is 6.54 Å². The second-order valence-corrected chi connectivity index (χ2v) is 4.32. The molecule has 3 N–H and O–H groups in total. The second-order valence-electron chi connectivity index (χ2n) is 4.32. The average molecular weight is 257 g/mol. The highest BCUT2D eigenvalue weighted by Crippen LogP contribution is 2.08. The molecule has 0 fully saturated rings. The molecule has 0 aliphatic heterocycles. The lowest BCUT2D eigenvalue weighted by molar-refractivity contribution is 0.627. The predicted octanol–water partition coefficient (Wildman–Crippen LogP) is 3.06. The van der Waals surface area contributed by atoms with Gasteiger partial charge in [0.2, 0.25) is 0 Å². The minimum atomic E-state index is -0.251. The molecule has 0 bridgehead atoms. The lowest BCUT2D eigenvalue weighted by Crippen LogP contribution is -2.22. The Balaban J connectivity index is 1.95. The van der Waals surface area contributed by atoms with Crippen LogP contribution >= 0.6 is 0 Å². The zero-order chi connectivity index (χ0) is 13.7. The normalized spacial score (nSPS) is 11.4. The molecule has 0 atom stereocenters. The maximum absolute atomic E-state index is 12.7. The molecule has 0 saturated heterocycles. The summed E-state index contributed by atoms with van der Waals surface area (Å²) in [5, 5.41) is 3.00. The fraction of sp³-hybridized carbons (Fsp3) is 0.133. The smallest absolute Gasteiger partial charge is 0.193 e. The van der Waals surface area contributed by atoms with Gasteiger partial charge in [0.25, 0.3) is 0 Å². The van der Waals surface area contributed by atoms with Crippen LogP contribution in [0.25, 0.3) is 0 Å². The monoisotopic (exact) mass is 257 g/mol. The molecule has 2 aromatic rings. The van der Waals surface area contributed by atoms with Crippen molar-refractivity contribution in [1.29, 1.82) is 0 Å². The van der Waals surface area contributed by atoms with Crippen molar-refractivity contribution >= 4 is 11.6 Å². The van der Waals surface area contributed by atoms with E-state index >= 15 is 0 Å². The van der Waals surface area contributed by atoms with Gasteiger partial charge in [-0.1, -0.05) is 29.8 Å². The number of anilines is 1. The highest BCUT2D eigenvalue weighted by Gasteiger charge is 1.96. The highest BCUT2D eigenvalue weighted by molar-refractivity contribution is 5.92. The molecular weight excluding hydrogens is 241 g/mol. The third-order valence-corrected chi connectivity index (χ3v) is 2.67. The van der Waals surface area contributed by atoms with E-state index in [-0.39, 0.29) is 5.82 Å². The van der Waals surface area contributed by atoms with Crippen LogP contribution < -0.4 is 11.1 Å². The number of guanidine groups is 1. The molecule has 0 aliphatic carbocycles. The summed E-state index contributed by atoms with van der Waals surface area (Å²) in [5.41, 5.74) is 8.78. The number of nitrogens with one attached hydrogen (secondary N) is 1. The largest absolute Gasteiger partial charge is 0.370 e.